The summed E-state index contributed by atoms with van der Waals surface area (Å²) in [4.78, 5) is 28.5. The van der Waals surface area contributed by atoms with Crippen molar-refractivity contribution in [2.45, 2.75) is 31.1 Å². The van der Waals surface area contributed by atoms with Gasteiger partial charge in [-0.2, -0.15) is 0 Å². The van der Waals surface area contributed by atoms with Gasteiger partial charge in [0.25, 0.3) is 5.56 Å². The number of benzene rings is 2. The van der Waals surface area contributed by atoms with E-state index in [4.69, 9.17) is 19.3 Å². The fraction of sp³-hybridized carbons (Fsp3) is 0.300. The van der Waals surface area contributed by atoms with E-state index in [2.05, 4.69) is 10.0 Å². The molecule has 1 unspecified atom stereocenters. The van der Waals surface area contributed by atoms with Gasteiger partial charge in [-0.25, -0.2) is 9.36 Å². The summed E-state index contributed by atoms with van der Waals surface area (Å²) in [5, 5.41) is 26.0. The molecule has 0 aliphatic carbocycles. The molecule has 34 heavy (non-hydrogen) atoms. The van der Waals surface area contributed by atoms with E-state index < -0.39 is 50.3 Å². The van der Waals surface area contributed by atoms with Crippen LogP contribution in [0.25, 0.3) is 21.2 Å². The van der Waals surface area contributed by atoms with Crippen LogP contribution in [-0.2, 0) is 13.8 Å². The van der Waals surface area contributed by atoms with Gasteiger partial charge in [0.1, 0.15) is 24.6 Å². The van der Waals surface area contributed by atoms with Gasteiger partial charge in [-0.3, -0.25) is 18.9 Å². The van der Waals surface area contributed by atoms with Gasteiger partial charge in [0.15, 0.2) is 6.23 Å². The van der Waals surface area contributed by atoms with E-state index in [0.29, 0.717) is 5.39 Å². The average molecular weight is 488 g/mol. The number of nitrogens with one attached hydrogen (secondary N) is 1. The average Bonchev–Trinajstić information content (AvgIpc) is 3.06. The molecule has 0 spiro atoms. The zero-order valence-electron chi connectivity index (χ0n) is 17.6. The lowest BCUT2D eigenvalue weighted by Crippen LogP contribution is -2.44. The molecule has 3 aromatic rings. The van der Waals surface area contributed by atoms with Gasteiger partial charge in [0.05, 0.1) is 0 Å². The normalized spacial score (nSPS) is 24.6. The molecule has 3 N–H and O–H groups in total. The number of nitrogens with zero attached hydrogens (tertiary/aromatic N) is 4. The van der Waals surface area contributed by atoms with Crippen molar-refractivity contribution in [2.24, 2.45) is 5.11 Å². The van der Waals surface area contributed by atoms with Gasteiger partial charge in [0.2, 0.25) is 5.72 Å². The van der Waals surface area contributed by atoms with E-state index in [9.17, 15) is 24.4 Å². The molecule has 4 rings (SSSR count). The first-order valence-corrected chi connectivity index (χ1v) is 11.0. The fourth-order valence-corrected chi connectivity index (χ4v) is 4.26. The molecule has 0 amide bonds. The predicted molar refractivity (Wildman–Crippen MR) is 118 cm³/mol. The molecule has 13 nitrogen and oxygen atoms in total. The van der Waals surface area contributed by atoms with Crippen molar-refractivity contribution in [1.29, 1.82) is 0 Å². The lowest BCUT2D eigenvalue weighted by molar-refractivity contribution is -0.120. The Morgan fingerprint density at radius 1 is 1.26 bits per heavy atom. The Balaban J connectivity index is 1.56. The molecule has 1 radical (unpaired) electrons. The van der Waals surface area contributed by atoms with Crippen molar-refractivity contribution in [3.05, 3.63) is 85.5 Å². The Morgan fingerprint density at radius 3 is 2.76 bits per heavy atom. The number of ether oxygens (including phenoxy) is 1. The number of aromatic amines is 1. The van der Waals surface area contributed by atoms with Crippen LogP contribution < -0.4 is 15.8 Å². The standard InChI is InChI=1S/C20H19N5O8P/c1-11-9-25(19(29)22-17(11)28)18-15(26)16(27)20(32-18,23-24-21)10-31-34(30)33-14-8-4-6-12-5-2-3-7-13(12)14/h2-9,15-16,18,26-27H,10H2,1H3,(H,22,28,29)/t15-,16+,18-,20-/m1/s1. The summed E-state index contributed by atoms with van der Waals surface area (Å²) < 4.78 is 29.5. The molecule has 1 aromatic heterocycles. The molecule has 0 bridgehead atoms. The van der Waals surface area contributed by atoms with Gasteiger partial charge < -0.3 is 19.5 Å². The number of rotatable bonds is 7. The number of aliphatic hydroxyl groups excluding tert-OH is 2. The van der Waals surface area contributed by atoms with Gasteiger partial charge in [0, 0.05) is 22.1 Å². The van der Waals surface area contributed by atoms with Gasteiger partial charge in [-0.1, -0.05) is 41.5 Å². The first-order valence-electron chi connectivity index (χ1n) is 9.94. The van der Waals surface area contributed by atoms with Crippen LogP contribution in [0.5, 0.6) is 5.75 Å². The van der Waals surface area contributed by atoms with Crippen molar-refractivity contribution in [3.8, 4) is 5.75 Å². The number of hydrogen-bond acceptors (Lipinski definition) is 9. The summed E-state index contributed by atoms with van der Waals surface area (Å²) in [5.74, 6) is 0.276. The quantitative estimate of drug-likeness (QED) is 0.195. The summed E-state index contributed by atoms with van der Waals surface area (Å²) in [5.41, 5.74) is 5.35. The first kappa shape index (κ1) is 23.6. The number of aromatic nitrogens is 2. The van der Waals surface area contributed by atoms with E-state index in [1.165, 1.54) is 6.92 Å². The molecule has 1 saturated heterocycles. The lowest BCUT2D eigenvalue weighted by Gasteiger charge is -2.25. The zero-order valence-corrected chi connectivity index (χ0v) is 18.5. The van der Waals surface area contributed by atoms with Crippen molar-refractivity contribution >= 4 is 19.0 Å². The molecule has 14 heteroatoms. The maximum atomic E-state index is 12.5. The fourth-order valence-electron chi connectivity index (χ4n) is 3.60. The predicted octanol–water partition coefficient (Wildman–Crippen LogP) is 2.01. The van der Waals surface area contributed by atoms with Crippen molar-refractivity contribution in [1.82, 2.24) is 9.55 Å². The second-order valence-corrected chi connectivity index (χ2v) is 8.41. The molecule has 1 fully saturated rings. The van der Waals surface area contributed by atoms with E-state index >= 15 is 0 Å². The van der Waals surface area contributed by atoms with Crippen LogP contribution in [0.4, 0.5) is 0 Å². The highest BCUT2D eigenvalue weighted by Crippen LogP contribution is 2.41. The Bertz CT molecular complexity index is 1410. The summed E-state index contributed by atoms with van der Waals surface area (Å²) in [6.45, 7) is 0.647. The van der Waals surface area contributed by atoms with Crippen LogP contribution in [0.3, 0.4) is 0 Å². The van der Waals surface area contributed by atoms with Crippen LogP contribution in [0.1, 0.15) is 11.8 Å². The highest BCUT2D eigenvalue weighted by Gasteiger charge is 2.56. The van der Waals surface area contributed by atoms with Gasteiger partial charge in [-0.15, -0.1) is 0 Å². The minimum Gasteiger partial charge on any atom is -0.397 e. The second-order valence-electron chi connectivity index (χ2n) is 7.52. The summed E-state index contributed by atoms with van der Waals surface area (Å²) >= 11 is 0. The third-order valence-corrected chi connectivity index (χ3v) is 6.02. The smallest absolute Gasteiger partial charge is 0.397 e. The summed E-state index contributed by atoms with van der Waals surface area (Å²) in [6, 6.07) is 12.4. The van der Waals surface area contributed by atoms with E-state index in [1.807, 2.05) is 23.2 Å². The number of fused-ring (bicyclic) bond motifs is 1. The Kier molecular flexibility index (Phi) is 6.49. The number of azide groups is 1. The van der Waals surface area contributed by atoms with Crippen molar-refractivity contribution in [2.75, 3.05) is 6.61 Å². The molecule has 5 atom stereocenters. The molecule has 177 valence electrons. The van der Waals surface area contributed by atoms with Crippen LogP contribution in [0.2, 0.25) is 0 Å². The second kappa shape index (κ2) is 9.35. The summed E-state index contributed by atoms with van der Waals surface area (Å²) in [7, 11) is -2.83. The maximum Gasteiger partial charge on any atom is 0.429 e. The maximum absolute atomic E-state index is 12.5. The van der Waals surface area contributed by atoms with E-state index in [1.54, 1.807) is 24.3 Å². The molecular weight excluding hydrogens is 469 g/mol. The van der Waals surface area contributed by atoms with E-state index in [-0.39, 0.29) is 11.3 Å². The Hall–Kier alpha value is -3.57. The molecular formula is C20H19N5O8P. The number of aliphatic hydroxyl groups is 2. The van der Waals surface area contributed by atoms with Gasteiger partial charge >= 0.3 is 13.9 Å². The van der Waals surface area contributed by atoms with Crippen molar-refractivity contribution in [3.63, 3.8) is 0 Å². The molecule has 2 heterocycles. The zero-order chi connectivity index (χ0) is 24.5. The van der Waals surface area contributed by atoms with Crippen LogP contribution in [-0.4, -0.2) is 44.3 Å². The highest BCUT2D eigenvalue weighted by atomic mass is 31.1. The third-order valence-electron chi connectivity index (χ3n) is 5.34. The van der Waals surface area contributed by atoms with Crippen LogP contribution in [0, 0.1) is 6.92 Å². The molecule has 2 aromatic carbocycles. The Labute approximate surface area is 191 Å². The number of H-pyrrole nitrogens is 1. The molecule has 1 aliphatic rings. The molecule has 1 aliphatic heterocycles. The van der Waals surface area contributed by atoms with Crippen LogP contribution in [0.15, 0.2) is 63.4 Å². The minimum absolute atomic E-state index is 0.133. The third kappa shape index (κ3) is 4.31. The highest BCUT2D eigenvalue weighted by molar-refractivity contribution is 7.33. The van der Waals surface area contributed by atoms with Crippen molar-refractivity contribution < 1.29 is 28.6 Å². The van der Waals surface area contributed by atoms with Gasteiger partial charge in [-0.05, 0) is 23.9 Å². The SMILES string of the molecule is Cc1cn([C@@H]2O[C@@](CO[P](=O)Oc3cccc4ccccc34)(N=[N+]=[N-])[C@@H](O)[C@H]2O)c(=O)[nH]c1=O. The topological polar surface area (TPSA) is 189 Å². The Morgan fingerprint density at radius 2 is 2.00 bits per heavy atom. The largest absolute Gasteiger partial charge is 0.429 e. The van der Waals surface area contributed by atoms with Crippen LogP contribution >= 0.6 is 8.25 Å². The lowest BCUT2D eigenvalue weighted by atomic mass is 10.1. The minimum atomic E-state index is -2.83. The number of aryl methyl sites for hydroxylation is 1. The number of hydrogen-bond donors (Lipinski definition) is 3. The first-order chi connectivity index (χ1) is 16.3. The van der Waals surface area contributed by atoms with E-state index in [0.717, 1.165) is 16.2 Å². The molecule has 0 saturated carbocycles. The monoisotopic (exact) mass is 488 g/mol. The summed E-state index contributed by atoms with van der Waals surface area (Å²) in [6.07, 6.45) is -4.04.